The van der Waals surface area contributed by atoms with Crippen LogP contribution >= 0.6 is 0 Å². The summed E-state index contributed by atoms with van der Waals surface area (Å²) in [6, 6.07) is 0. The molecule has 0 aliphatic heterocycles. The lowest BCUT2D eigenvalue weighted by atomic mass is 9.84. The second-order valence-corrected chi connectivity index (χ2v) is 16.5. The van der Waals surface area contributed by atoms with E-state index in [1.165, 1.54) is 0 Å². The Morgan fingerprint density at radius 3 is 0.746 bits per heavy atom. The molecule has 0 heterocycles. The lowest BCUT2D eigenvalue weighted by Gasteiger charge is -2.46. The molecule has 1 rings (SSSR count). The molecule has 0 spiro atoms. The molecule has 0 saturated carbocycles. The molecule has 5 nitrogen and oxygen atoms in total. The molecule has 1 aromatic rings. The predicted octanol–water partition coefficient (Wildman–Crippen LogP) is 11.7. The van der Waals surface area contributed by atoms with Crippen LogP contribution in [0.4, 0.5) is 162 Å². The monoisotopic (exact) mass is 1130 g/mol. The molecule has 0 radical (unpaired) electrons. The number of rotatable bonds is 17. The van der Waals surface area contributed by atoms with Gasteiger partial charge >= 0.3 is 88.3 Å². The molecule has 0 N–H and O–H groups in total. The summed E-state index contributed by atoms with van der Waals surface area (Å²) in [4.78, 5) is 0. The summed E-state index contributed by atoms with van der Waals surface area (Å²) in [6.07, 6.45) is -8.43. The Kier molecular flexibility index (Phi) is 14.6. The topological polar surface area (TPSA) is 77.5 Å². The Balaban J connectivity index is 4.05. The van der Waals surface area contributed by atoms with E-state index in [4.69, 9.17) is 0 Å². The molecule has 67 heavy (non-hydrogen) atoms. The van der Waals surface area contributed by atoms with Crippen LogP contribution in [0.3, 0.4) is 0 Å². The number of benzene rings is 1. The number of hydrogen-bond donors (Lipinski definition) is 0. The molecule has 396 valence electrons. The zero-order chi connectivity index (χ0) is 55.0. The van der Waals surface area contributed by atoms with Crippen LogP contribution in [0.5, 0.6) is 5.75 Å². The van der Waals surface area contributed by atoms with Crippen LogP contribution in [-0.2, 0) is 19.7 Å². The van der Waals surface area contributed by atoms with Gasteiger partial charge in [-0.3, -0.25) is 0 Å². The highest BCUT2D eigenvalue weighted by Crippen LogP contribution is 2.68. The minimum Gasteiger partial charge on any atom is -0.481 e. The first-order valence-electron chi connectivity index (χ1n) is 14.2. The van der Waals surface area contributed by atoms with Gasteiger partial charge in [-0.05, 0) is 0 Å². The lowest BCUT2D eigenvalue weighted by molar-refractivity contribution is -0.485. The van der Waals surface area contributed by atoms with Crippen molar-refractivity contribution in [3.8, 4) is 5.75 Å². The van der Waals surface area contributed by atoms with Gasteiger partial charge in [-0.1, -0.05) is 0 Å². The van der Waals surface area contributed by atoms with E-state index in [-0.39, 0.29) is 0 Å². The van der Waals surface area contributed by atoms with Crippen molar-refractivity contribution in [2.24, 2.45) is 0 Å². The van der Waals surface area contributed by atoms with Crippen LogP contribution in [0, 0.1) is 23.3 Å². The molecule has 0 aliphatic rings. The standard InChI is InChI=1S/C23H3F37O5S2/c24-3-2(8(66(61,62)22(55,56)57)67(63,64)23(58,59)60)4(25)6(27)7(5(3)26)65-1-9(28,29)10(30,31)11(32,33)12(34,35)13(36,37)14(38,39)15(40,41)16(42,43)17(44,45)18(46,47)19(48,49)20(50,51)21(52,53)54/h8H,1H2. The number of hydrogen-bond acceptors (Lipinski definition) is 5. The van der Waals surface area contributed by atoms with Gasteiger partial charge in [0, 0.05) is 0 Å². The lowest BCUT2D eigenvalue weighted by Crippen LogP contribution is -2.79. The molecular formula is C23H3F37O5S2. The van der Waals surface area contributed by atoms with Gasteiger partial charge in [0.1, 0.15) is 0 Å². The maximum absolute atomic E-state index is 14.6. The van der Waals surface area contributed by atoms with Crippen LogP contribution in [0.1, 0.15) is 10.1 Å². The predicted molar refractivity (Wildman–Crippen MR) is 130 cm³/mol. The van der Waals surface area contributed by atoms with Gasteiger partial charge in [0.25, 0.3) is 19.7 Å². The Morgan fingerprint density at radius 2 is 0.537 bits per heavy atom. The first-order chi connectivity index (χ1) is 28.5. The summed E-state index contributed by atoms with van der Waals surface area (Å²) >= 11 is 0. The van der Waals surface area contributed by atoms with Crippen molar-refractivity contribution in [3.05, 3.63) is 28.8 Å². The average molecular weight is 1130 g/mol. The van der Waals surface area contributed by atoms with E-state index in [0.29, 0.717) is 0 Å². The van der Waals surface area contributed by atoms with Gasteiger partial charge in [-0.2, -0.15) is 154 Å². The fourth-order valence-electron chi connectivity index (χ4n) is 4.12. The van der Waals surface area contributed by atoms with Crippen molar-refractivity contribution in [3.63, 3.8) is 0 Å². The van der Waals surface area contributed by atoms with Crippen LogP contribution in [0.15, 0.2) is 0 Å². The zero-order valence-corrected chi connectivity index (χ0v) is 30.3. The third-order valence-electron chi connectivity index (χ3n) is 7.86. The van der Waals surface area contributed by atoms with Crippen molar-refractivity contribution < 1.29 is 184 Å². The molecule has 0 fully saturated rings. The fraction of sp³-hybridized carbons (Fsp3) is 0.739. The maximum Gasteiger partial charge on any atom is 0.499 e. The van der Waals surface area contributed by atoms with Crippen molar-refractivity contribution in [1.29, 1.82) is 0 Å². The third kappa shape index (κ3) is 8.01. The van der Waals surface area contributed by atoms with E-state index < -0.39 is 154 Å². The zero-order valence-electron chi connectivity index (χ0n) is 28.6. The third-order valence-corrected chi connectivity index (χ3v) is 12.3. The highest BCUT2D eigenvalue weighted by Gasteiger charge is 3.00. The quantitative estimate of drug-likeness (QED) is 0.115. The summed E-state index contributed by atoms with van der Waals surface area (Å²) in [7, 11) is -17.0. The highest BCUT2D eigenvalue weighted by atomic mass is 32.3. The second-order valence-electron chi connectivity index (χ2n) is 12.1. The Bertz CT molecular complexity index is 2190. The van der Waals surface area contributed by atoms with Crippen LogP contribution in [0.2, 0.25) is 0 Å². The molecule has 0 amide bonds. The molecule has 1 aromatic carbocycles. The minimum absolute atomic E-state index is 2.65. The molecule has 44 heteroatoms. The summed E-state index contributed by atoms with van der Waals surface area (Å²) in [5, 5.41) is 0. The molecule has 0 aromatic heterocycles. The van der Waals surface area contributed by atoms with E-state index in [1.807, 2.05) is 0 Å². The summed E-state index contributed by atoms with van der Waals surface area (Å²) in [5.74, 6) is -137. The SMILES string of the molecule is O=S(=O)(C(c1c(F)c(F)c(OCC(F)(F)C(F)(F)C(F)(F)C(F)(F)C(F)(F)C(F)(F)C(F)(F)C(F)(F)C(F)(F)C(F)(F)C(F)(F)C(F)(F)C(F)(F)F)c(F)c1F)S(=O)(=O)C(F)(F)F)C(F)(F)F. The molecule has 0 bridgehead atoms. The Hall–Kier alpha value is -3.67. The summed E-state index contributed by atoms with van der Waals surface area (Å²) < 4.78 is 547. The van der Waals surface area contributed by atoms with E-state index in [2.05, 4.69) is 4.74 Å². The van der Waals surface area contributed by atoms with E-state index in [0.717, 1.165) is 0 Å². The Morgan fingerprint density at radius 1 is 0.328 bits per heavy atom. The Labute approximate surface area is 338 Å². The van der Waals surface area contributed by atoms with Gasteiger partial charge in [-0.25, -0.2) is 25.6 Å². The first kappa shape index (κ1) is 61.3. The highest BCUT2D eigenvalue weighted by molar-refractivity contribution is 8.09. The largest absolute Gasteiger partial charge is 0.499 e. The molecule has 0 unspecified atom stereocenters. The van der Waals surface area contributed by atoms with Gasteiger partial charge in [0.15, 0.2) is 24.0 Å². The van der Waals surface area contributed by atoms with Crippen molar-refractivity contribution >= 4 is 19.7 Å². The van der Waals surface area contributed by atoms with Crippen molar-refractivity contribution in [1.82, 2.24) is 0 Å². The summed E-state index contributed by atoms with van der Waals surface area (Å²) in [5.41, 5.74) is -19.2. The normalized spacial score (nSPS) is 16.3. The van der Waals surface area contributed by atoms with Gasteiger partial charge < -0.3 is 4.74 Å². The van der Waals surface area contributed by atoms with Crippen LogP contribution in [-0.4, -0.2) is 112 Å². The van der Waals surface area contributed by atoms with E-state index >= 15 is 0 Å². The molecule has 0 saturated heterocycles. The molecular weight excluding hydrogens is 1120 g/mol. The van der Waals surface area contributed by atoms with Gasteiger partial charge in [0.05, 0.1) is 5.56 Å². The van der Waals surface area contributed by atoms with Gasteiger partial charge in [0.2, 0.25) is 16.2 Å². The van der Waals surface area contributed by atoms with E-state index in [9.17, 15) is 179 Å². The first-order valence-corrected chi connectivity index (χ1v) is 17.3. The van der Waals surface area contributed by atoms with Crippen LogP contribution < -0.4 is 4.74 Å². The second kappa shape index (κ2) is 15.9. The number of halogens is 37. The van der Waals surface area contributed by atoms with Crippen molar-refractivity contribution in [2.45, 2.75) is 92.8 Å². The molecule has 0 aliphatic carbocycles. The maximum atomic E-state index is 14.6. The minimum atomic E-state index is -10.2. The van der Waals surface area contributed by atoms with Crippen molar-refractivity contribution in [2.75, 3.05) is 6.61 Å². The smallest absolute Gasteiger partial charge is 0.481 e. The number of sulfone groups is 2. The summed E-state index contributed by atoms with van der Waals surface area (Å²) in [6.45, 7) is -4.75. The van der Waals surface area contributed by atoms with Gasteiger partial charge in [-0.15, -0.1) is 0 Å². The average Bonchev–Trinajstić information content (AvgIpc) is 3.09. The van der Waals surface area contributed by atoms with Crippen LogP contribution in [0.25, 0.3) is 0 Å². The fourth-order valence-corrected chi connectivity index (χ4v) is 7.63. The van der Waals surface area contributed by atoms with E-state index in [1.54, 1.807) is 0 Å². The number of alkyl halides is 33. The molecule has 0 atom stereocenters. The number of ether oxygens (including phenoxy) is 1.